The summed E-state index contributed by atoms with van der Waals surface area (Å²) in [5, 5.41) is 33.6. The summed E-state index contributed by atoms with van der Waals surface area (Å²) in [5.74, 6) is 1.47. The average molecular weight is 1130 g/mol. The molecule has 0 unspecified atom stereocenters. The number of likely N-dealkylation sites (N-methyl/N-ethyl adjacent to an activating group) is 4. The summed E-state index contributed by atoms with van der Waals surface area (Å²) in [6.45, 7) is 12.0. The quantitative estimate of drug-likeness (QED) is 0.0463. The molecule has 432 valence electrons. The summed E-state index contributed by atoms with van der Waals surface area (Å²) in [6.07, 6.45) is 14.0. The lowest BCUT2D eigenvalue weighted by molar-refractivity contribution is -0.112. The van der Waals surface area contributed by atoms with Crippen molar-refractivity contribution in [2.75, 3.05) is 120 Å². The minimum atomic E-state index is -0.330. The van der Waals surface area contributed by atoms with E-state index in [1.165, 1.54) is 40.5 Å². The fourth-order valence-corrected chi connectivity index (χ4v) is 10.5. The third-order valence-corrected chi connectivity index (χ3v) is 14.7. The number of methoxy groups -OCH3 is 2. The maximum Gasteiger partial charge on any atom is 0.247 e. The smallest absolute Gasteiger partial charge is 0.247 e. The molecule has 0 fully saturated rings. The highest BCUT2D eigenvalue weighted by Gasteiger charge is 2.25. The van der Waals surface area contributed by atoms with Gasteiger partial charge in [0, 0.05) is 99.8 Å². The minimum Gasteiger partial charge on any atom is -0.494 e. The van der Waals surface area contributed by atoms with Crippen LogP contribution in [0.3, 0.4) is 0 Å². The first kappa shape index (κ1) is 58.7. The molecule has 2 amide bonds. The monoisotopic (exact) mass is 1130 g/mol. The molecule has 8 aromatic rings. The van der Waals surface area contributed by atoms with Gasteiger partial charge in [-0.05, 0) is 89.3 Å². The van der Waals surface area contributed by atoms with Crippen LogP contribution in [0.25, 0.3) is 44.3 Å². The molecule has 4 N–H and O–H groups in total. The average Bonchev–Trinajstić information content (AvgIpc) is 2.10. The van der Waals surface area contributed by atoms with Crippen molar-refractivity contribution in [3.8, 4) is 51.9 Å². The van der Waals surface area contributed by atoms with Crippen molar-refractivity contribution >= 4 is 79.6 Å². The normalized spacial score (nSPS) is 12.1. The number of carbonyl (C=O) groups is 2. The van der Waals surface area contributed by atoms with Gasteiger partial charge in [-0.25, -0.2) is 19.9 Å². The summed E-state index contributed by atoms with van der Waals surface area (Å²) >= 11 is 0. The van der Waals surface area contributed by atoms with E-state index in [2.05, 4.69) is 128 Å². The van der Waals surface area contributed by atoms with E-state index in [1.54, 1.807) is 32.5 Å². The summed E-state index contributed by atoms with van der Waals surface area (Å²) in [4.78, 5) is 51.6. The highest BCUT2D eigenvalue weighted by atomic mass is 16.5. The molecule has 4 aromatic heterocycles. The van der Waals surface area contributed by atoms with E-state index in [0.717, 1.165) is 98.2 Å². The number of anilines is 8. The van der Waals surface area contributed by atoms with Gasteiger partial charge in [-0.3, -0.25) is 9.59 Å². The third kappa shape index (κ3) is 12.9. The van der Waals surface area contributed by atoms with E-state index in [0.29, 0.717) is 68.8 Å². The lowest BCUT2D eigenvalue weighted by Gasteiger charge is -2.26. The molecule has 0 atom stereocenters. The molecule has 2 aliphatic heterocycles. The minimum absolute atomic E-state index is 0.129. The van der Waals surface area contributed by atoms with Gasteiger partial charge in [-0.1, -0.05) is 49.6 Å². The summed E-state index contributed by atoms with van der Waals surface area (Å²) in [5.41, 5.74) is 12.2. The van der Waals surface area contributed by atoms with E-state index in [-0.39, 0.29) is 18.4 Å². The molecule has 21 nitrogen and oxygen atoms in total. The number of aromatic nitrogens is 6. The number of hydrogen-bond acceptors (Lipinski definition) is 17. The Balaban J connectivity index is 0.000000202. The molecule has 0 spiro atoms. The number of ether oxygens (including phenoxy) is 3. The number of aryl methyl sites for hydroxylation is 4. The van der Waals surface area contributed by atoms with Crippen molar-refractivity contribution in [1.29, 1.82) is 10.5 Å². The number of nitriles is 2. The van der Waals surface area contributed by atoms with Gasteiger partial charge in [0.15, 0.2) is 12.4 Å². The van der Waals surface area contributed by atoms with E-state index in [4.69, 9.17) is 24.2 Å². The molecule has 0 radical (unpaired) electrons. The van der Waals surface area contributed by atoms with Gasteiger partial charge in [0.05, 0.1) is 83.0 Å². The first-order chi connectivity index (χ1) is 40.6. The lowest BCUT2D eigenvalue weighted by atomic mass is 10.0. The fraction of sp³-hybridized carbons (Fsp3) is 0.302. The number of nitrogens with zero attached hydrogens (tertiary/aromatic N) is 12. The number of benzene rings is 4. The number of para-hydroxylation sites is 2. The second kappa shape index (κ2) is 26.3. The van der Waals surface area contributed by atoms with Gasteiger partial charge in [-0.2, -0.15) is 10.5 Å². The third-order valence-electron chi connectivity index (χ3n) is 14.7. The van der Waals surface area contributed by atoms with E-state index < -0.39 is 0 Å². The molecule has 4 aromatic carbocycles. The van der Waals surface area contributed by atoms with Crippen molar-refractivity contribution in [3.05, 3.63) is 127 Å². The van der Waals surface area contributed by atoms with Gasteiger partial charge in [0.2, 0.25) is 23.7 Å². The van der Waals surface area contributed by atoms with Crippen LogP contribution in [0.4, 0.5) is 46.0 Å². The maximum absolute atomic E-state index is 12.4. The number of carbonyl (C=O) groups excluding carboxylic acids is 2. The number of rotatable bonds is 22. The number of hydrogen-bond donors (Lipinski definition) is 4. The molecular formula is C63H70N16O5. The fourth-order valence-electron chi connectivity index (χ4n) is 10.5. The van der Waals surface area contributed by atoms with Crippen molar-refractivity contribution in [2.45, 2.75) is 38.8 Å². The largest absolute Gasteiger partial charge is 0.494 e. The Morgan fingerprint density at radius 2 is 1.12 bits per heavy atom. The topological polar surface area (TPSA) is 232 Å². The van der Waals surface area contributed by atoms with Crippen LogP contribution < -0.4 is 45.3 Å². The zero-order chi connectivity index (χ0) is 59.6. The zero-order valence-electron chi connectivity index (χ0n) is 48.8. The maximum atomic E-state index is 12.4. The van der Waals surface area contributed by atoms with Crippen LogP contribution in [0.5, 0.6) is 17.2 Å². The van der Waals surface area contributed by atoms with Gasteiger partial charge < -0.3 is 64.2 Å². The molecule has 10 rings (SSSR count). The Bertz CT molecular complexity index is 3870. The Labute approximate surface area is 489 Å². The van der Waals surface area contributed by atoms with Crippen LogP contribution >= 0.6 is 0 Å². The Morgan fingerprint density at radius 1 is 0.643 bits per heavy atom. The van der Waals surface area contributed by atoms with Gasteiger partial charge in [-0.15, -0.1) is 0 Å². The first-order valence-electron chi connectivity index (χ1n) is 27.6. The van der Waals surface area contributed by atoms with Gasteiger partial charge in [0.1, 0.15) is 29.3 Å². The summed E-state index contributed by atoms with van der Waals surface area (Å²) < 4.78 is 21.8. The van der Waals surface area contributed by atoms with E-state index in [9.17, 15) is 20.1 Å². The Hall–Kier alpha value is -9.96. The predicted octanol–water partition coefficient (Wildman–Crippen LogP) is 9.61. The molecule has 0 bridgehead atoms. The van der Waals surface area contributed by atoms with Gasteiger partial charge >= 0.3 is 0 Å². The molecule has 0 saturated carbocycles. The van der Waals surface area contributed by atoms with Crippen LogP contribution in [0, 0.1) is 22.7 Å². The van der Waals surface area contributed by atoms with Crippen molar-refractivity contribution < 1.29 is 23.8 Å². The second-order valence-corrected chi connectivity index (χ2v) is 21.0. The first-order valence-corrected chi connectivity index (χ1v) is 27.6. The highest BCUT2D eigenvalue weighted by Crippen LogP contribution is 2.43. The van der Waals surface area contributed by atoms with Crippen LogP contribution in [0.1, 0.15) is 29.5 Å². The molecule has 0 saturated heterocycles. The highest BCUT2D eigenvalue weighted by molar-refractivity contribution is 6.04. The standard InChI is InChI=1S/C32H36N8O3.C31H34N8O2/c1-6-29(41)35-24-17-25(27(42-5)18-26(24)39(4)15-14-38(2)3)36-32-34-19-28(43-16-12-33)30(37-32)23-20-40-13-8-10-21-9-7-11-22(23)31(21)40;1-6-28(40)34-24-15-25(27(41-5)16-26(24)38(4)14-13-37(2)3)35-31-33-18-21(17-32)29(36-31)23-19-39-12-8-10-20-9-7-11-22(23)30(20)39/h6-7,9,11,17-20H,1,8,10,13-16H2,2-5H3,(H,35,41)(H,34,36,37);6-7,9,11,15-16,18-19H,1,8,10,12-14H2,2-5H3,(H,34,40)(H,33,35,36). The molecule has 84 heavy (non-hydrogen) atoms. The van der Waals surface area contributed by atoms with Crippen LogP contribution in [-0.2, 0) is 35.5 Å². The predicted molar refractivity (Wildman–Crippen MR) is 332 cm³/mol. The summed E-state index contributed by atoms with van der Waals surface area (Å²) in [7, 11) is 15.1. The van der Waals surface area contributed by atoms with E-state index >= 15 is 0 Å². The molecule has 0 aliphatic carbocycles. The summed E-state index contributed by atoms with van der Waals surface area (Å²) in [6, 6.07) is 24.2. The van der Waals surface area contributed by atoms with Crippen molar-refractivity contribution in [3.63, 3.8) is 0 Å². The van der Waals surface area contributed by atoms with Crippen LogP contribution in [-0.4, -0.2) is 140 Å². The van der Waals surface area contributed by atoms with Crippen LogP contribution in [0.2, 0.25) is 0 Å². The molecular weight excluding hydrogens is 1060 g/mol. The number of amides is 2. The zero-order valence-corrected chi connectivity index (χ0v) is 48.8. The van der Waals surface area contributed by atoms with Crippen molar-refractivity contribution in [2.24, 2.45) is 0 Å². The molecule has 21 heteroatoms. The SMILES string of the molecule is C=CC(=O)Nc1cc(Nc2ncc(C#N)c(-c3cn4c5c(cccc35)CCC4)n2)c(OC)cc1N(C)CCN(C)C.C=CC(=O)Nc1cc(Nc2ncc(OCC#N)c(-c3cn4c5c(cccc35)CCC4)n2)c(OC)cc1N(C)CCN(C)C. The Morgan fingerprint density at radius 3 is 1.57 bits per heavy atom. The second-order valence-electron chi connectivity index (χ2n) is 21.0. The van der Waals surface area contributed by atoms with Crippen LogP contribution in [0.15, 0.2) is 111 Å². The Kier molecular flexibility index (Phi) is 18.4. The van der Waals surface area contributed by atoms with E-state index in [1.807, 2.05) is 60.5 Å². The lowest BCUT2D eigenvalue weighted by Crippen LogP contribution is -2.29. The van der Waals surface area contributed by atoms with Crippen molar-refractivity contribution in [1.82, 2.24) is 38.9 Å². The van der Waals surface area contributed by atoms with Gasteiger partial charge in [0.25, 0.3) is 0 Å². The number of nitrogens with one attached hydrogen (secondary N) is 4. The molecule has 6 heterocycles. The molecule has 2 aliphatic rings.